The van der Waals surface area contributed by atoms with Crippen LogP contribution in [0.3, 0.4) is 0 Å². The molecule has 2 N–H and O–H groups in total. The van der Waals surface area contributed by atoms with Crippen molar-refractivity contribution in [2.24, 2.45) is 5.10 Å². The number of anilines is 2. The number of carboxylic acid groups (broad SMARTS) is 1. The molecular weight excluding hydrogens is 466 g/mol. The van der Waals surface area contributed by atoms with Gasteiger partial charge in [0.2, 0.25) is 0 Å². The minimum absolute atomic E-state index is 0.343. The van der Waals surface area contributed by atoms with E-state index in [2.05, 4.69) is 32.4 Å². The number of para-hydroxylation sites is 1. The Morgan fingerprint density at radius 3 is 1.97 bits per heavy atom. The third kappa shape index (κ3) is 9.51. The number of hydrazine groups is 2. The SMILES string of the molecule is CCCCCCCCCCCC(=O)O.c1ccc(C2=NN(c3ncncn3)N(c3ccccc3)N2)cc1. The number of hydrogen-bond acceptors (Lipinski definition) is 8. The highest BCUT2D eigenvalue weighted by atomic mass is 16.4. The molecule has 1 aliphatic heterocycles. The minimum atomic E-state index is -0.659. The van der Waals surface area contributed by atoms with E-state index in [1.807, 2.05) is 60.7 Å². The highest BCUT2D eigenvalue weighted by molar-refractivity contribution is 6.01. The number of carboxylic acids is 1. The molecule has 0 radical (unpaired) electrons. The molecule has 0 saturated carbocycles. The summed E-state index contributed by atoms with van der Waals surface area (Å²) >= 11 is 0. The highest BCUT2D eigenvalue weighted by Gasteiger charge is 2.27. The molecule has 0 fully saturated rings. The number of carbonyl (C=O) groups is 1. The fourth-order valence-corrected chi connectivity index (χ4v) is 3.83. The van der Waals surface area contributed by atoms with Crippen LogP contribution in [0, 0.1) is 0 Å². The Bertz CT molecular complexity index is 1070. The van der Waals surface area contributed by atoms with Crippen LogP contribution in [0.4, 0.5) is 11.6 Å². The fraction of sp³-hybridized carbons (Fsp3) is 0.393. The predicted octanol–water partition coefficient (Wildman–Crippen LogP) is 5.97. The Labute approximate surface area is 219 Å². The van der Waals surface area contributed by atoms with Crippen LogP contribution < -0.4 is 15.7 Å². The van der Waals surface area contributed by atoms with Crippen molar-refractivity contribution in [3.63, 3.8) is 0 Å². The summed E-state index contributed by atoms with van der Waals surface area (Å²) < 4.78 is 0. The maximum Gasteiger partial charge on any atom is 0.303 e. The molecule has 1 aromatic heterocycles. The molecule has 37 heavy (non-hydrogen) atoms. The molecule has 9 nitrogen and oxygen atoms in total. The third-order valence-electron chi connectivity index (χ3n) is 5.80. The van der Waals surface area contributed by atoms with Crippen molar-refractivity contribution >= 4 is 23.4 Å². The van der Waals surface area contributed by atoms with E-state index in [-0.39, 0.29) is 0 Å². The summed E-state index contributed by atoms with van der Waals surface area (Å²) in [5.74, 6) is 0.491. The molecule has 1 aliphatic rings. The number of nitrogens with zero attached hydrogens (tertiary/aromatic N) is 6. The van der Waals surface area contributed by atoms with Crippen LogP contribution >= 0.6 is 0 Å². The van der Waals surface area contributed by atoms with Gasteiger partial charge < -0.3 is 5.11 Å². The van der Waals surface area contributed by atoms with Crippen LogP contribution in [0.1, 0.15) is 76.7 Å². The molecule has 0 aliphatic carbocycles. The summed E-state index contributed by atoms with van der Waals surface area (Å²) in [6.07, 6.45) is 14.4. The third-order valence-corrected chi connectivity index (χ3v) is 5.80. The molecule has 0 bridgehead atoms. The monoisotopic (exact) mass is 503 g/mol. The first-order valence-electron chi connectivity index (χ1n) is 13.1. The predicted molar refractivity (Wildman–Crippen MR) is 147 cm³/mol. The van der Waals surface area contributed by atoms with E-state index < -0.39 is 5.97 Å². The van der Waals surface area contributed by atoms with Gasteiger partial charge in [-0.15, -0.1) is 10.2 Å². The van der Waals surface area contributed by atoms with Gasteiger partial charge in [0.1, 0.15) is 12.7 Å². The first-order valence-corrected chi connectivity index (χ1v) is 13.1. The van der Waals surface area contributed by atoms with Crippen molar-refractivity contribution in [2.75, 3.05) is 10.2 Å². The number of hydrazone groups is 1. The van der Waals surface area contributed by atoms with E-state index in [4.69, 9.17) is 5.11 Å². The number of aliphatic carboxylic acids is 1. The topological polar surface area (TPSA) is 107 Å². The Kier molecular flexibility index (Phi) is 11.8. The lowest BCUT2D eigenvalue weighted by atomic mass is 10.1. The Hall–Kier alpha value is -4.01. The van der Waals surface area contributed by atoms with Crippen molar-refractivity contribution in [2.45, 2.75) is 71.1 Å². The molecule has 2 heterocycles. The van der Waals surface area contributed by atoms with Gasteiger partial charge in [-0.3, -0.25) is 10.2 Å². The molecular formula is C28H37N7O2. The summed E-state index contributed by atoms with van der Waals surface area (Å²) in [5, 5.41) is 16.4. The number of amidine groups is 1. The smallest absolute Gasteiger partial charge is 0.303 e. The number of unbranched alkanes of at least 4 members (excludes halogenated alkanes) is 8. The summed E-state index contributed by atoms with van der Waals surface area (Å²) in [7, 11) is 0. The van der Waals surface area contributed by atoms with Crippen LogP contribution in [0.5, 0.6) is 0 Å². The Morgan fingerprint density at radius 2 is 1.38 bits per heavy atom. The van der Waals surface area contributed by atoms with E-state index in [1.165, 1.54) is 57.6 Å². The van der Waals surface area contributed by atoms with Gasteiger partial charge in [0, 0.05) is 12.0 Å². The highest BCUT2D eigenvalue weighted by Crippen LogP contribution is 2.22. The van der Waals surface area contributed by atoms with Gasteiger partial charge in [0.25, 0.3) is 5.95 Å². The molecule has 4 rings (SSSR count). The van der Waals surface area contributed by atoms with Gasteiger partial charge >= 0.3 is 5.97 Å². The number of benzene rings is 2. The Morgan fingerprint density at radius 1 is 0.811 bits per heavy atom. The quantitative estimate of drug-likeness (QED) is 0.275. The number of rotatable bonds is 13. The molecule has 3 aromatic rings. The maximum atomic E-state index is 10.2. The summed E-state index contributed by atoms with van der Waals surface area (Å²) in [4.78, 5) is 22.4. The van der Waals surface area contributed by atoms with Crippen molar-refractivity contribution in [1.29, 1.82) is 0 Å². The zero-order chi connectivity index (χ0) is 26.1. The molecule has 2 aromatic carbocycles. The average molecular weight is 504 g/mol. The Balaban J connectivity index is 0.000000236. The number of hydrogen-bond donors (Lipinski definition) is 2. The van der Waals surface area contributed by atoms with Crippen LogP contribution in [0.25, 0.3) is 0 Å². The van der Waals surface area contributed by atoms with Gasteiger partial charge in [-0.2, -0.15) is 15.1 Å². The zero-order valence-electron chi connectivity index (χ0n) is 21.5. The molecule has 0 atom stereocenters. The van der Waals surface area contributed by atoms with Crippen LogP contribution in [0.2, 0.25) is 0 Å². The van der Waals surface area contributed by atoms with E-state index in [0.29, 0.717) is 12.4 Å². The standard InChI is InChI=1S/C16H13N7.C12H24O2/c1-3-7-13(8-4-1)15-20-22(14-9-5-2-6-10-14)23(21-15)16-18-11-17-12-19-16;1-2-3-4-5-6-7-8-9-10-11-12(13)14/h1-12H,(H,20,21);2-11H2,1H3,(H,13,14). The van der Waals surface area contributed by atoms with E-state index in [1.54, 1.807) is 10.2 Å². The normalized spacial score (nSPS) is 12.4. The van der Waals surface area contributed by atoms with Crippen LogP contribution in [-0.2, 0) is 4.79 Å². The second-order valence-electron chi connectivity index (χ2n) is 8.77. The second-order valence-corrected chi connectivity index (χ2v) is 8.77. The summed E-state index contributed by atoms with van der Waals surface area (Å²) in [6.45, 7) is 2.23. The first-order chi connectivity index (χ1) is 18.2. The molecule has 0 unspecified atom stereocenters. The first kappa shape index (κ1) is 27.6. The lowest BCUT2D eigenvalue weighted by molar-refractivity contribution is -0.137. The zero-order valence-corrected chi connectivity index (χ0v) is 21.5. The van der Waals surface area contributed by atoms with Gasteiger partial charge in [0.15, 0.2) is 5.84 Å². The van der Waals surface area contributed by atoms with Gasteiger partial charge in [-0.25, -0.2) is 4.98 Å². The largest absolute Gasteiger partial charge is 0.481 e. The molecule has 196 valence electrons. The van der Waals surface area contributed by atoms with Crippen LogP contribution in [0.15, 0.2) is 78.4 Å². The second kappa shape index (κ2) is 15.9. The lowest BCUT2D eigenvalue weighted by Crippen LogP contribution is -2.45. The molecule has 0 amide bonds. The minimum Gasteiger partial charge on any atom is -0.481 e. The number of aromatic nitrogens is 3. The summed E-state index contributed by atoms with van der Waals surface area (Å²) in [5.41, 5.74) is 5.18. The fourth-order valence-electron chi connectivity index (χ4n) is 3.83. The van der Waals surface area contributed by atoms with E-state index in [9.17, 15) is 4.79 Å². The van der Waals surface area contributed by atoms with Crippen molar-refractivity contribution < 1.29 is 9.90 Å². The summed E-state index contributed by atoms with van der Waals surface area (Å²) in [6, 6.07) is 19.7. The van der Waals surface area contributed by atoms with Gasteiger partial charge in [-0.1, -0.05) is 107 Å². The van der Waals surface area contributed by atoms with Crippen LogP contribution in [-0.4, -0.2) is 31.9 Å². The van der Waals surface area contributed by atoms with E-state index in [0.717, 1.165) is 29.9 Å². The lowest BCUT2D eigenvalue weighted by Gasteiger charge is -2.25. The molecule has 9 heteroatoms. The van der Waals surface area contributed by atoms with E-state index >= 15 is 0 Å². The maximum absolute atomic E-state index is 10.2. The average Bonchev–Trinajstić information content (AvgIpc) is 3.40. The van der Waals surface area contributed by atoms with Crippen molar-refractivity contribution in [3.8, 4) is 0 Å². The van der Waals surface area contributed by atoms with Gasteiger partial charge in [-0.05, 0) is 18.6 Å². The van der Waals surface area contributed by atoms with Gasteiger partial charge in [0.05, 0.1) is 5.69 Å². The van der Waals surface area contributed by atoms with Crippen molar-refractivity contribution in [3.05, 3.63) is 78.9 Å². The molecule has 0 saturated heterocycles. The number of nitrogens with one attached hydrogen (secondary N) is 1. The molecule has 0 spiro atoms. The van der Waals surface area contributed by atoms with Crippen molar-refractivity contribution in [1.82, 2.24) is 20.4 Å².